The van der Waals surface area contributed by atoms with Crippen molar-refractivity contribution in [2.24, 2.45) is 16.1 Å². The van der Waals surface area contributed by atoms with Crippen LogP contribution in [0.2, 0.25) is 0 Å². The first-order valence-corrected chi connectivity index (χ1v) is 10.3. The summed E-state index contributed by atoms with van der Waals surface area (Å²) in [5, 5.41) is 3.49. The first-order chi connectivity index (χ1) is 14.1. The number of carbonyl (C=O) groups excluding carboxylic acids is 1. The molecule has 1 aliphatic heterocycles. The number of aliphatic imine (C=N–C) groups is 1. The highest BCUT2D eigenvalue weighted by Gasteiger charge is 2.54. The molecule has 1 fully saturated rings. The molecule has 0 radical (unpaired) electrons. The topological polar surface area (TPSA) is 70.7 Å². The van der Waals surface area contributed by atoms with E-state index >= 15 is 0 Å². The summed E-state index contributed by atoms with van der Waals surface area (Å²) in [7, 11) is 1.59. The molecule has 0 bridgehead atoms. The number of nitrogens with one attached hydrogen (secondary N) is 1. The second kappa shape index (κ2) is 6.83. The molecule has 3 N–H and O–H groups in total. The fourth-order valence-electron chi connectivity index (χ4n) is 4.36. The van der Waals surface area contributed by atoms with E-state index in [-0.39, 0.29) is 17.3 Å². The molecule has 2 aliphatic rings. The molecular weight excluding hydrogens is 379 g/mol. The van der Waals surface area contributed by atoms with Crippen LogP contribution >= 0.6 is 0 Å². The van der Waals surface area contributed by atoms with Crippen molar-refractivity contribution in [2.75, 3.05) is 18.9 Å². The summed E-state index contributed by atoms with van der Waals surface area (Å²) in [5.74, 6) is -0.480. The van der Waals surface area contributed by atoms with Crippen LogP contribution in [-0.2, 0) is 15.7 Å². The van der Waals surface area contributed by atoms with E-state index in [0.29, 0.717) is 5.56 Å². The number of hydrogen-bond donors (Lipinski definition) is 2. The Balaban J connectivity index is 1.65. The van der Waals surface area contributed by atoms with Gasteiger partial charge in [-0.3, -0.25) is 9.69 Å². The number of nitrogens with two attached hydrogens (primary N) is 1. The molecule has 158 valence electrons. The highest BCUT2D eigenvalue weighted by molar-refractivity contribution is 6.01. The van der Waals surface area contributed by atoms with Gasteiger partial charge >= 0.3 is 0 Å². The van der Waals surface area contributed by atoms with Crippen molar-refractivity contribution in [3.63, 3.8) is 0 Å². The molecule has 1 heterocycles. The van der Waals surface area contributed by atoms with E-state index in [1.807, 2.05) is 6.07 Å². The van der Waals surface area contributed by atoms with Crippen LogP contribution in [0.15, 0.2) is 53.5 Å². The average molecular weight is 409 g/mol. The predicted molar refractivity (Wildman–Crippen MR) is 118 cm³/mol. The largest absolute Gasteiger partial charge is 0.384 e. The van der Waals surface area contributed by atoms with E-state index in [2.05, 4.69) is 34.6 Å². The maximum Gasteiger partial charge on any atom is 0.237 e. The smallest absolute Gasteiger partial charge is 0.237 e. The normalized spacial score (nSPS) is 24.4. The molecule has 2 aromatic rings. The van der Waals surface area contributed by atoms with Crippen LogP contribution in [-0.4, -0.2) is 30.4 Å². The summed E-state index contributed by atoms with van der Waals surface area (Å²) < 4.78 is 15.0. The number of hydrogen-bond acceptors (Lipinski definition) is 4. The lowest BCUT2D eigenvalue weighted by Gasteiger charge is -2.46. The number of halogens is 1. The zero-order chi connectivity index (χ0) is 21.7. The first-order valence-electron chi connectivity index (χ1n) is 10.3. The minimum atomic E-state index is -1.11. The maximum absolute atomic E-state index is 15.0. The molecular formula is C24H29FN4O. The summed E-state index contributed by atoms with van der Waals surface area (Å²) in [5.41, 5.74) is 6.57. The fourth-order valence-corrected chi connectivity index (χ4v) is 4.36. The van der Waals surface area contributed by atoms with Crippen LogP contribution in [0.3, 0.4) is 0 Å². The molecule has 1 aliphatic carbocycles. The molecule has 4 rings (SSSR count). The fraction of sp³-hybridized carbons (Fsp3) is 0.417. The summed E-state index contributed by atoms with van der Waals surface area (Å²) >= 11 is 0. The number of anilines is 1. The summed E-state index contributed by atoms with van der Waals surface area (Å²) in [6.07, 6.45) is 2.26. The second-order valence-corrected chi connectivity index (χ2v) is 9.23. The average Bonchev–Trinajstić information content (AvgIpc) is 3.52. The Kier molecular flexibility index (Phi) is 4.64. The van der Waals surface area contributed by atoms with E-state index in [0.717, 1.165) is 25.1 Å². The molecule has 1 saturated carbocycles. The molecule has 2 aromatic carbocycles. The van der Waals surface area contributed by atoms with E-state index in [9.17, 15) is 9.18 Å². The number of amides is 1. The highest BCUT2D eigenvalue weighted by atomic mass is 19.1. The van der Waals surface area contributed by atoms with Gasteiger partial charge in [-0.1, -0.05) is 30.3 Å². The third-order valence-electron chi connectivity index (χ3n) is 7.10. The molecule has 0 saturated heterocycles. The van der Waals surface area contributed by atoms with Crippen LogP contribution < -0.4 is 11.1 Å². The van der Waals surface area contributed by atoms with Gasteiger partial charge in [-0.2, -0.15) is 0 Å². The first kappa shape index (κ1) is 20.4. The van der Waals surface area contributed by atoms with E-state index in [4.69, 9.17) is 5.73 Å². The summed E-state index contributed by atoms with van der Waals surface area (Å²) in [6.45, 7) is 6.13. The van der Waals surface area contributed by atoms with Crippen molar-refractivity contribution in [1.82, 2.24) is 4.90 Å². The van der Waals surface area contributed by atoms with Crippen molar-refractivity contribution in [2.45, 2.75) is 44.6 Å². The molecule has 1 atom stereocenters. The lowest BCUT2D eigenvalue weighted by atomic mass is 9.67. The number of benzene rings is 2. The monoisotopic (exact) mass is 408 g/mol. The van der Waals surface area contributed by atoms with Gasteiger partial charge in [0.1, 0.15) is 11.4 Å². The molecule has 6 heteroatoms. The zero-order valence-corrected chi connectivity index (χ0v) is 18.0. The Morgan fingerprint density at radius 1 is 1.13 bits per heavy atom. The Hall–Kier alpha value is -2.89. The van der Waals surface area contributed by atoms with Gasteiger partial charge in [0.25, 0.3) is 0 Å². The lowest BCUT2D eigenvalue weighted by molar-refractivity contribution is -0.140. The van der Waals surface area contributed by atoms with Gasteiger partial charge in [0.15, 0.2) is 5.96 Å². The molecule has 0 unspecified atom stereocenters. The number of guanidine groups is 1. The van der Waals surface area contributed by atoms with Gasteiger partial charge in [-0.25, -0.2) is 9.38 Å². The molecule has 0 spiro atoms. The maximum atomic E-state index is 15.0. The van der Waals surface area contributed by atoms with Crippen LogP contribution in [0.25, 0.3) is 0 Å². The minimum absolute atomic E-state index is 0.0978. The minimum Gasteiger partial charge on any atom is -0.384 e. The van der Waals surface area contributed by atoms with Gasteiger partial charge in [-0.15, -0.1) is 0 Å². The van der Waals surface area contributed by atoms with Crippen molar-refractivity contribution in [3.05, 3.63) is 65.5 Å². The number of rotatable bonds is 5. The molecule has 1 amide bonds. The third-order valence-corrected chi connectivity index (χ3v) is 7.10. The number of nitrogens with zero attached hydrogens (tertiary/aromatic N) is 2. The molecule has 30 heavy (non-hydrogen) atoms. The van der Waals surface area contributed by atoms with Crippen molar-refractivity contribution in [1.29, 1.82) is 0 Å². The van der Waals surface area contributed by atoms with Gasteiger partial charge in [0.05, 0.1) is 5.41 Å². The van der Waals surface area contributed by atoms with Crippen molar-refractivity contribution >= 4 is 17.6 Å². The molecule has 5 nitrogen and oxygen atoms in total. The summed E-state index contributed by atoms with van der Waals surface area (Å²) in [6, 6.07) is 15.4. The quantitative estimate of drug-likeness (QED) is 0.786. The van der Waals surface area contributed by atoms with Gasteiger partial charge in [-0.05, 0) is 57.4 Å². The van der Waals surface area contributed by atoms with Gasteiger partial charge in [0.2, 0.25) is 5.91 Å². The number of carbonyl (C=O) groups is 1. The van der Waals surface area contributed by atoms with Crippen LogP contribution in [0, 0.1) is 11.2 Å². The SMILES string of the molecule is CN1C(=O)C(C)(C)[C@@](C)(c2cc(NCC3(c4ccccc4)CC3)ccc2F)N=C1N. The van der Waals surface area contributed by atoms with Crippen LogP contribution in [0.1, 0.15) is 44.7 Å². The Morgan fingerprint density at radius 3 is 2.43 bits per heavy atom. The van der Waals surface area contributed by atoms with E-state index < -0.39 is 16.8 Å². The highest BCUT2D eigenvalue weighted by Crippen LogP contribution is 2.49. The Labute approximate surface area is 177 Å². The standard InChI is InChI=1S/C24H29FN4O/c1-22(2)20(30)29(4)21(26)28-23(22,3)18-14-17(10-11-19(18)25)27-15-24(12-13-24)16-8-6-5-7-9-16/h5-11,14,27H,12-13,15H2,1-4H3,(H2,26,28)/t23-/m1/s1. The summed E-state index contributed by atoms with van der Waals surface area (Å²) in [4.78, 5) is 18.8. The predicted octanol–water partition coefficient (Wildman–Crippen LogP) is 4.00. The van der Waals surface area contributed by atoms with Gasteiger partial charge in [0, 0.05) is 30.3 Å². The Morgan fingerprint density at radius 2 is 1.80 bits per heavy atom. The van der Waals surface area contributed by atoms with E-state index in [1.54, 1.807) is 40.0 Å². The van der Waals surface area contributed by atoms with Crippen molar-refractivity contribution in [3.8, 4) is 0 Å². The van der Waals surface area contributed by atoms with E-state index in [1.165, 1.54) is 16.5 Å². The van der Waals surface area contributed by atoms with Crippen LogP contribution in [0.5, 0.6) is 0 Å². The van der Waals surface area contributed by atoms with Crippen LogP contribution in [0.4, 0.5) is 10.1 Å². The lowest BCUT2D eigenvalue weighted by Crippen LogP contribution is -2.58. The molecule has 0 aromatic heterocycles. The van der Waals surface area contributed by atoms with Crippen molar-refractivity contribution < 1.29 is 9.18 Å². The zero-order valence-electron chi connectivity index (χ0n) is 18.0. The third kappa shape index (κ3) is 3.06. The second-order valence-electron chi connectivity index (χ2n) is 9.23. The Bertz CT molecular complexity index is 1010. The van der Waals surface area contributed by atoms with Gasteiger partial charge < -0.3 is 11.1 Å².